The van der Waals surface area contributed by atoms with Gasteiger partial charge in [-0.1, -0.05) is 60.7 Å². The molecule has 0 radical (unpaired) electrons. The standard InChI is InChI=1S/C30H18O8/c31-27(32)23-19-11-5-1-2-6-12(11)20(24(23)28(33)34)16-10-18-17(9-15(16)19)21-13-7-3-4-8-14(13)22(18)26(30(37)38)25(21)29(35)36/h1-10,19-22H,(H,31,32)(H,33,34)(H,35,36)(H,37,38)/t19-,20-,21-,22+/m0/s1. The number of carboxylic acid groups (broad SMARTS) is 4. The molecule has 0 spiro atoms. The maximum atomic E-state index is 12.4. The Hall–Kier alpha value is -4.98. The lowest BCUT2D eigenvalue weighted by Crippen LogP contribution is -2.37. The van der Waals surface area contributed by atoms with E-state index in [1.165, 1.54) is 0 Å². The maximum Gasteiger partial charge on any atom is 0.333 e. The van der Waals surface area contributed by atoms with Crippen molar-refractivity contribution in [2.24, 2.45) is 0 Å². The Bertz CT molecular complexity index is 1510. The molecule has 3 aromatic carbocycles. The van der Waals surface area contributed by atoms with Gasteiger partial charge in [-0.2, -0.15) is 0 Å². The highest BCUT2D eigenvalue weighted by Gasteiger charge is 2.52. The second-order valence-electron chi connectivity index (χ2n) is 9.98. The summed E-state index contributed by atoms with van der Waals surface area (Å²) in [6.45, 7) is 0. The van der Waals surface area contributed by atoms with Crippen molar-refractivity contribution in [3.05, 3.63) is 127 Å². The van der Waals surface area contributed by atoms with Gasteiger partial charge in [0, 0.05) is 23.7 Å². The van der Waals surface area contributed by atoms with Gasteiger partial charge in [-0.3, -0.25) is 0 Å². The van der Waals surface area contributed by atoms with E-state index >= 15 is 0 Å². The van der Waals surface area contributed by atoms with Crippen LogP contribution < -0.4 is 0 Å². The summed E-state index contributed by atoms with van der Waals surface area (Å²) in [6, 6.07) is 17.9. The smallest absolute Gasteiger partial charge is 0.333 e. The summed E-state index contributed by atoms with van der Waals surface area (Å²) in [5.74, 6) is -8.69. The van der Waals surface area contributed by atoms with Crippen LogP contribution in [0.2, 0.25) is 0 Å². The van der Waals surface area contributed by atoms with Gasteiger partial charge in [-0.25, -0.2) is 19.2 Å². The van der Waals surface area contributed by atoms with Crippen LogP contribution in [0.5, 0.6) is 0 Å². The topological polar surface area (TPSA) is 149 Å². The number of rotatable bonds is 4. The van der Waals surface area contributed by atoms with Crippen LogP contribution in [0.1, 0.15) is 68.2 Å². The first kappa shape index (κ1) is 22.2. The van der Waals surface area contributed by atoms with Crippen LogP contribution >= 0.6 is 0 Å². The van der Waals surface area contributed by atoms with Gasteiger partial charge >= 0.3 is 23.9 Å². The van der Waals surface area contributed by atoms with Crippen LogP contribution in [0.25, 0.3) is 0 Å². The first-order chi connectivity index (χ1) is 18.2. The minimum absolute atomic E-state index is 0.199. The van der Waals surface area contributed by atoms with E-state index in [-0.39, 0.29) is 22.3 Å². The van der Waals surface area contributed by atoms with Crippen molar-refractivity contribution < 1.29 is 39.6 Å². The van der Waals surface area contributed by atoms with Gasteiger partial charge in [0.15, 0.2) is 0 Å². The van der Waals surface area contributed by atoms with Crippen molar-refractivity contribution in [1.82, 2.24) is 0 Å². The van der Waals surface area contributed by atoms with Gasteiger partial charge in [0.05, 0.1) is 22.3 Å². The largest absolute Gasteiger partial charge is 0.478 e. The molecule has 6 aliphatic carbocycles. The second-order valence-corrected chi connectivity index (χ2v) is 9.98. The summed E-state index contributed by atoms with van der Waals surface area (Å²) < 4.78 is 0. The Morgan fingerprint density at radius 2 is 0.605 bits per heavy atom. The van der Waals surface area contributed by atoms with Crippen LogP contribution in [0.3, 0.4) is 0 Å². The number of aliphatic carboxylic acids is 4. The van der Waals surface area contributed by atoms with Crippen molar-refractivity contribution in [2.75, 3.05) is 0 Å². The van der Waals surface area contributed by atoms with E-state index in [9.17, 15) is 39.6 Å². The molecule has 6 aliphatic rings. The molecule has 8 heteroatoms. The van der Waals surface area contributed by atoms with E-state index in [0.29, 0.717) is 44.5 Å². The SMILES string of the molecule is O=C(O)C1=C(C(=O)O)[C@H]2c3ccccc3[C@@H]1c1cc3c(cc12)[C@H]1C(C(=O)O)=C(C(=O)O)[C@H]3c2ccccc21. The van der Waals surface area contributed by atoms with Gasteiger partial charge in [0.25, 0.3) is 0 Å². The first-order valence-electron chi connectivity index (χ1n) is 12.0. The molecule has 0 amide bonds. The first-order valence-corrected chi connectivity index (χ1v) is 12.0. The zero-order valence-electron chi connectivity index (χ0n) is 19.5. The van der Waals surface area contributed by atoms with E-state index in [0.717, 1.165) is 0 Å². The second kappa shape index (κ2) is 7.29. The number of carbonyl (C=O) groups is 4. The minimum atomic E-state index is -1.32. The highest BCUT2D eigenvalue weighted by atomic mass is 16.4. The molecule has 0 unspecified atom stereocenters. The molecule has 4 atom stereocenters. The van der Waals surface area contributed by atoms with E-state index in [4.69, 9.17) is 0 Å². The van der Waals surface area contributed by atoms with E-state index in [1.807, 2.05) is 0 Å². The highest BCUT2D eigenvalue weighted by molar-refractivity contribution is 6.06. The lowest BCUT2D eigenvalue weighted by atomic mass is 9.56. The van der Waals surface area contributed by atoms with E-state index in [2.05, 4.69) is 0 Å². The Morgan fingerprint density at radius 3 is 0.789 bits per heavy atom. The Morgan fingerprint density at radius 1 is 0.395 bits per heavy atom. The number of carboxylic acids is 4. The summed E-state index contributed by atoms with van der Waals surface area (Å²) in [6.07, 6.45) is 0. The highest BCUT2D eigenvalue weighted by Crippen LogP contribution is 2.61. The quantitative estimate of drug-likeness (QED) is 0.418. The van der Waals surface area contributed by atoms with Crippen LogP contribution in [0, 0.1) is 0 Å². The Labute approximate surface area is 214 Å². The molecule has 0 saturated carbocycles. The third-order valence-corrected chi connectivity index (χ3v) is 8.43. The molecule has 3 aromatic rings. The van der Waals surface area contributed by atoms with E-state index in [1.54, 1.807) is 60.7 Å². The third-order valence-electron chi connectivity index (χ3n) is 8.43. The van der Waals surface area contributed by atoms with Crippen molar-refractivity contribution in [1.29, 1.82) is 0 Å². The molecule has 8 nitrogen and oxygen atoms in total. The minimum Gasteiger partial charge on any atom is -0.478 e. The molecule has 0 fully saturated rings. The molecule has 0 heterocycles. The fourth-order valence-electron chi connectivity index (χ4n) is 7.23. The lowest BCUT2D eigenvalue weighted by molar-refractivity contribution is -0.136. The summed E-state index contributed by atoms with van der Waals surface area (Å²) in [4.78, 5) is 49.8. The summed E-state index contributed by atoms with van der Waals surface area (Å²) in [7, 11) is 0. The predicted octanol–water partition coefficient (Wildman–Crippen LogP) is 3.80. The van der Waals surface area contributed by atoms with Crippen LogP contribution in [-0.2, 0) is 19.2 Å². The summed E-state index contributed by atoms with van der Waals surface area (Å²) in [5, 5.41) is 40.6. The van der Waals surface area contributed by atoms with Gasteiger partial charge in [-0.15, -0.1) is 0 Å². The molecule has 4 bridgehead atoms. The number of hydrogen-bond donors (Lipinski definition) is 4. The molecule has 0 aliphatic heterocycles. The molecule has 186 valence electrons. The zero-order valence-corrected chi connectivity index (χ0v) is 19.5. The summed E-state index contributed by atoms with van der Waals surface area (Å²) in [5.41, 5.74) is 4.47. The predicted molar refractivity (Wildman–Crippen MR) is 131 cm³/mol. The molecule has 0 aromatic heterocycles. The molecular weight excluding hydrogens is 488 g/mol. The van der Waals surface area contributed by atoms with E-state index < -0.39 is 47.5 Å². The molecule has 9 rings (SSSR count). The number of benzene rings is 3. The van der Waals surface area contributed by atoms with Crippen molar-refractivity contribution in [2.45, 2.75) is 23.7 Å². The lowest BCUT2D eigenvalue weighted by Gasteiger charge is -2.45. The molecular formula is C30H18O8. The molecule has 38 heavy (non-hydrogen) atoms. The van der Waals surface area contributed by atoms with Crippen LogP contribution in [-0.4, -0.2) is 44.3 Å². The normalized spacial score (nSPS) is 23.4. The maximum absolute atomic E-state index is 12.4. The summed E-state index contributed by atoms with van der Waals surface area (Å²) >= 11 is 0. The average molecular weight is 506 g/mol. The van der Waals surface area contributed by atoms with Gasteiger partial charge in [-0.05, 0) is 44.5 Å². The average Bonchev–Trinajstić information content (AvgIpc) is 2.90. The van der Waals surface area contributed by atoms with Crippen molar-refractivity contribution in [3.8, 4) is 0 Å². The van der Waals surface area contributed by atoms with Crippen molar-refractivity contribution >= 4 is 23.9 Å². The van der Waals surface area contributed by atoms with Gasteiger partial charge < -0.3 is 20.4 Å². The monoisotopic (exact) mass is 506 g/mol. The molecule has 0 saturated heterocycles. The van der Waals surface area contributed by atoms with Crippen molar-refractivity contribution in [3.63, 3.8) is 0 Å². The van der Waals surface area contributed by atoms with Gasteiger partial charge in [0.2, 0.25) is 0 Å². The zero-order chi connectivity index (χ0) is 26.6. The molecule has 4 N–H and O–H groups in total. The number of hydrogen-bond acceptors (Lipinski definition) is 4. The fourth-order valence-corrected chi connectivity index (χ4v) is 7.23. The van der Waals surface area contributed by atoms with Gasteiger partial charge in [0.1, 0.15) is 0 Å². The van der Waals surface area contributed by atoms with Crippen LogP contribution in [0.4, 0.5) is 0 Å². The third kappa shape index (κ3) is 2.53. The fraction of sp³-hybridized carbons (Fsp3) is 0.133. The Kier molecular flexibility index (Phi) is 4.26. The Balaban J connectivity index is 1.57. The van der Waals surface area contributed by atoms with Crippen LogP contribution in [0.15, 0.2) is 83.0 Å².